The van der Waals surface area contributed by atoms with Gasteiger partial charge in [0, 0.05) is 16.7 Å². The topological polar surface area (TPSA) is 66.9 Å². The molecule has 0 aliphatic carbocycles. The fourth-order valence-electron chi connectivity index (χ4n) is 1.49. The molecule has 1 aromatic carbocycles. The number of amides is 1. The molecule has 0 fully saturated rings. The van der Waals surface area contributed by atoms with Crippen molar-refractivity contribution in [1.82, 2.24) is 10.2 Å². The predicted molar refractivity (Wildman–Crippen MR) is 96.8 cm³/mol. The zero-order valence-corrected chi connectivity index (χ0v) is 15.1. The van der Waals surface area contributed by atoms with Crippen LogP contribution < -0.4 is 10.6 Å². The first-order valence-corrected chi connectivity index (χ1v) is 9.05. The van der Waals surface area contributed by atoms with Crippen LogP contribution in [0.1, 0.15) is 5.56 Å². The van der Waals surface area contributed by atoms with Gasteiger partial charge in [0.2, 0.25) is 11.0 Å². The molecule has 0 spiro atoms. The molecule has 0 saturated carbocycles. The standard InChI is InChI=1S/C14H15BrN4OS2/c1-3-6-16-13-18-19-14(22-13)21-8-12(20)17-10-5-4-9(2)11(15)7-10/h3-5,7H,1,6,8H2,2H3,(H,16,18)(H,17,20). The van der Waals surface area contributed by atoms with Crippen molar-refractivity contribution in [2.24, 2.45) is 0 Å². The Morgan fingerprint density at radius 1 is 1.50 bits per heavy atom. The third-order valence-corrected chi connectivity index (χ3v) is 5.46. The van der Waals surface area contributed by atoms with E-state index in [1.807, 2.05) is 25.1 Å². The predicted octanol–water partition coefficient (Wildman–Crippen LogP) is 3.94. The number of rotatable bonds is 7. The summed E-state index contributed by atoms with van der Waals surface area (Å²) in [6.07, 6.45) is 1.75. The number of nitrogens with zero attached hydrogens (tertiary/aromatic N) is 2. The fourth-order valence-corrected chi connectivity index (χ4v) is 3.43. The summed E-state index contributed by atoms with van der Waals surface area (Å²) < 4.78 is 1.73. The number of thioether (sulfide) groups is 1. The summed E-state index contributed by atoms with van der Waals surface area (Å²) in [6, 6.07) is 5.72. The van der Waals surface area contributed by atoms with Crippen LogP contribution in [0.25, 0.3) is 0 Å². The van der Waals surface area contributed by atoms with Gasteiger partial charge in [-0.3, -0.25) is 4.79 Å². The Balaban J connectivity index is 1.83. The normalized spacial score (nSPS) is 10.3. The molecule has 1 aromatic heterocycles. The van der Waals surface area contributed by atoms with Crippen molar-refractivity contribution in [3.8, 4) is 0 Å². The summed E-state index contributed by atoms with van der Waals surface area (Å²) >= 11 is 6.23. The maximum absolute atomic E-state index is 11.9. The first kappa shape index (κ1) is 17.0. The van der Waals surface area contributed by atoms with Gasteiger partial charge in [-0.2, -0.15) is 0 Å². The molecule has 2 rings (SSSR count). The zero-order chi connectivity index (χ0) is 15.9. The number of benzene rings is 1. The summed E-state index contributed by atoms with van der Waals surface area (Å²) in [5.74, 6) is 0.221. The fraction of sp³-hybridized carbons (Fsp3) is 0.214. The second-order valence-electron chi connectivity index (χ2n) is 4.34. The van der Waals surface area contributed by atoms with E-state index in [0.717, 1.165) is 25.2 Å². The molecule has 1 amide bonds. The van der Waals surface area contributed by atoms with Gasteiger partial charge in [0.25, 0.3) is 0 Å². The lowest BCUT2D eigenvalue weighted by Crippen LogP contribution is -2.13. The van der Waals surface area contributed by atoms with E-state index in [4.69, 9.17) is 0 Å². The van der Waals surface area contributed by atoms with Gasteiger partial charge < -0.3 is 10.6 Å². The summed E-state index contributed by atoms with van der Waals surface area (Å²) in [5, 5.41) is 14.7. The van der Waals surface area contributed by atoms with Crippen molar-refractivity contribution in [3.63, 3.8) is 0 Å². The molecule has 0 radical (unpaired) electrons. The Bertz CT molecular complexity index is 675. The van der Waals surface area contributed by atoms with E-state index >= 15 is 0 Å². The minimum atomic E-state index is -0.0726. The van der Waals surface area contributed by atoms with Gasteiger partial charge in [0.05, 0.1) is 5.75 Å². The molecule has 22 heavy (non-hydrogen) atoms. The number of hydrogen-bond acceptors (Lipinski definition) is 6. The van der Waals surface area contributed by atoms with Crippen LogP contribution in [-0.4, -0.2) is 28.4 Å². The Labute approximate surface area is 145 Å². The Kier molecular flexibility index (Phi) is 6.41. The smallest absolute Gasteiger partial charge is 0.234 e. The van der Waals surface area contributed by atoms with E-state index in [2.05, 4.69) is 43.3 Å². The largest absolute Gasteiger partial charge is 0.357 e. The van der Waals surface area contributed by atoms with Crippen LogP contribution in [-0.2, 0) is 4.79 Å². The highest BCUT2D eigenvalue weighted by molar-refractivity contribution is 9.10. The molecule has 0 bridgehead atoms. The van der Waals surface area contributed by atoms with Gasteiger partial charge in [-0.05, 0) is 24.6 Å². The van der Waals surface area contributed by atoms with Gasteiger partial charge in [0.1, 0.15) is 0 Å². The van der Waals surface area contributed by atoms with Crippen LogP contribution >= 0.6 is 39.0 Å². The molecule has 0 unspecified atom stereocenters. The van der Waals surface area contributed by atoms with Crippen molar-refractivity contribution in [2.75, 3.05) is 22.9 Å². The summed E-state index contributed by atoms with van der Waals surface area (Å²) in [5.41, 5.74) is 1.90. The average Bonchev–Trinajstić information content (AvgIpc) is 2.95. The minimum Gasteiger partial charge on any atom is -0.357 e. The second-order valence-corrected chi connectivity index (χ2v) is 7.40. The van der Waals surface area contributed by atoms with Crippen molar-refractivity contribution in [1.29, 1.82) is 0 Å². The van der Waals surface area contributed by atoms with Gasteiger partial charge in [0.15, 0.2) is 4.34 Å². The van der Waals surface area contributed by atoms with Gasteiger partial charge in [-0.15, -0.1) is 16.8 Å². The molecule has 1 heterocycles. The molecule has 0 aliphatic rings. The summed E-state index contributed by atoms with van der Waals surface area (Å²) in [7, 11) is 0. The van der Waals surface area contributed by atoms with E-state index in [1.165, 1.54) is 23.1 Å². The molecule has 0 atom stereocenters. The van der Waals surface area contributed by atoms with E-state index in [0.29, 0.717) is 12.3 Å². The monoisotopic (exact) mass is 398 g/mol. The number of anilines is 2. The molecular formula is C14H15BrN4OS2. The number of carbonyl (C=O) groups excluding carboxylic acids is 1. The Hall–Kier alpha value is -1.38. The van der Waals surface area contributed by atoms with Crippen molar-refractivity contribution in [2.45, 2.75) is 11.3 Å². The molecular weight excluding hydrogens is 384 g/mol. The van der Waals surface area contributed by atoms with Crippen molar-refractivity contribution >= 4 is 55.8 Å². The highest BCUT2D eigenvalue weighted by Gasteiger charge is 2.08. The van der Waals surface area contributed by atoms with Crippen LogP contribution in [0.4, 0.5) is 10.8 Å². The van der Waals surface area contributed by atoms with E-state index in [9.17, 15) is 4.79 Å². The Morgan fingerprint density at radius 2 is 2.32 bits per heavy atom. The van der Waals surface area contributed by atoms with Crippen LogP contribution in [0.3, 0.4) is 0 Å². The van der Waals surface area contributed by atoms with E-state index in [1.54, 1.807) is 6.08 Å². The van der Waals surface area contributed by atoms with Gasteiger partial charge in [-0.25, -0.2) is 0 Å². The summed E-state index contributed by atoms with van der Waals surface area (Å²) in [4.78, 5) is 11.9. The van der Waals surface area contributed by atoms with Gasteiger partial charge in [-0.1, -0.05) is 51.2 Å². The highest BCUT2D eigenvalue weighted by atomic mass is 79.9. The maximum atomic E-state index is 11.9. The third kappa shape index (κ3) is 5.11. The van der Waals surface area contributed by atoms with Crippen molar-refractivity contribution < 1.29 is 4.79 Å². The van der Waals surface area contributed by atoms with E-state index in [-0.39, 0.29) is 5.91 Å². The number of nitrogens with one attached hydrogen (secondary N) is 2. The lowest BCUT2D eigenvalue weighted by Gasteiger charge is -2.06. The van der Waals surface area contributed by atoms with Gasteiger partial charge >= 0.3 is 0 Å². The molecule has 2 aromatic rings. The first-order valence-electron chi connectivity index (χ1n) is 6.45. The minimum absolute atomic E-state index is 0.0726. The molecule has 116 valence electrons. The third-order valence-electron chi connectivity index (χ3n) is 2.59. The number of halogens is 1. The first-order chi connectivity index (χ1) is 10.6. The molecule has 8 heteroatoms. The number of hydrogen-bond donors (Lipinski definition) is 2. The van der Waals surface area contributed by atoms with Crippen LogP contribution in [0.15, 0.2) is 39.7 Å². The number of aromatic nitrogens is 2. The quantitative estimate of drug-likeness (QED) is 0.545. The van der Waals surface area contributed by atoms with Crippen LogP contribution in [0.5, 0.6) is 0 Å². The molecule has 5 nitrogen and oxygen atoms in total. The van der Waals surface area contributed by atoms with E-state index < -0.39 is 0 Å². The molecule has 2 N–H and O–H groups in total. The second kappa shape index (κ2) is 8.30. The molecule has 0 saturated heterocycles. The highest BCUT2D eigenvalue weighted by Crippen LogP contribution is 2.26. The lowest BCUT2D eigenvalue weighted by atomic mass is 10.2. The zero-order valence-electron chi connectivity index (χ0n) is 11.9. The average molecular weight is 399 g/mol. The number of carbonyl (C=O) groups is 1. The maximum Gasteiger partial charge on any atom is 0.234 e. The van der Waals surface area contributed by atoms with Crippen molar-refractivity contribution in [3.05, 3.63) is 40.9 Å². The summed E-state index contributed by atoms with van der Waals surface area (Å²) in [6.45, 7) is 6.27. The SMILES string of the molecule is C=CCNc1nnc(SCC(=O)Nc2ccc(C)c(Br)c2)s1. The lowest BCUT2D eigenvalue weighted by molar-refractivity contribution is -0.113. The van der Waals surface area contributed by atoms with Crippen LogP contribution in [0.2, 0.25) is 0 Å². The molecule has 0 aliphatic heterocycles. The Morgan fingerprint density at radius 3 is 3.05 bits per heavy atom. The number of aryl methyl sites for hydroxylation is 1. The van der Waals surface area contributed by atoms with Crippen LogP contribution in [0, 0.1) is 6.92 Å².